The van der Waals surface area contributed by atoms with Crippen molar-refractivity contribution in [3.05, 3.63) is 23.8 Å². The number of nitrogens with two attached hydrogens (primary N) is 2. The standard InChI is InChI=1S/C13H22N2O2/c1-4-9(8-14)13(15)11-7-10(16-2)5-6-12(11)17-3/h5-7,9,13H,4,8,14-15H2,1-3H3. The molecule has 0 fully saturated rings. The van der Waals surface area contributed by atoms with Gasteiger partial charge in [0.1, 0.15) is 11.5 Å². The molecule has 96 valence electrons. The van der Waals surface area contributed by atoms with Crippen molar-refractivity contribution in [2.45, 2.75) is 19.4 Å². The van der Waals surface area contributed by atoms with Gasteiger partial charge in [0.25, 0.3) is 0 Å². The van der Waals surface area contributed by atoms with Crippen LogP contribution >= 0.6 is 0 Å². The maximum atomic E-state index is 6.24. The minimum Gasteiger partial charge on any atom is -0.497 e. The van der Waals surface area contributed by atoms with Crippen molar-refractivity contribution in [2.24, 2.45) is 17.4 Å². The van der Waals surface area contributed by atoms with Crippen LogP contribution in [0.5, 0.6) is 11.5 Å². The van der Waals surface area contributed by atoms with Crippen LogP contribution in [0.2, 0.25) is 0 Å². The highest BCUT2D eigenvalue weighted by molar-refractivity contribution is 5.42. The fourth-order valence-corrected chi connectivity index (χ4v) is 1.92. The lowest BCUT2D eigenvalue weighted by atomic mass is 9.91. The minimum absolute atomic E-state index is 0.130. The summed E-state index contributed by atoms with van der Waals surface area (Å²) in [6, 6.07) is 5.52. The average molecular weight is 238 g/mol. The molecule has 4 heteroatoms. The van der Waals surface area contributed by atoms with Crippen LogP contribution in [0.15, 0.2) is 18.2 Å². The van der Waals surface area contributed by atoms with Crippen molar-refractivity contribution < 1.29 is 9.47 Å². The summed E-state index contributed by atoms with van der Waals surface area (Å²) in [7, 11) is 3.28. The molecule has 0 aliphatic rings. The summed E-state index contributed by atoms with van der Waals surface area (Å²) in [5.74, 6) is 1.81. The number of hydrogen-bond acceptors (Lipinski definition) is 4. The van der Waals surface area contributed by atoms with Crippen LogP contribution in [0.25, 0.3) is 0 Å². The normalized spacial score (nSPS) is 14.2. The van der Waals surface area contributed by atoms with E-state index in [4.69, 9.17) is 20.9 Å². The average Bonchev–Trinajstić information content (AvgIpc) is 2.39. The Morgan fingerprint density at radius 2 is 1.94 bits per heavy atom. The van der Waals surface area contributed by atoms with Gasteiger partial charge in [-0.1, -0.05) is 13.3 Å². The zero-order chi connectivity index (χ0) is 12.8. The molecule has 0 spiro atoms. The first-order valence-corrected chi connectivity index (χ1v) is 5.85. The first kappa shape index (κ1) is 13.8. The van der Waals surface area contributed by atoms with Crippen LogP contribution in [0.4, 0.5) is 0 Å². The molecule has 0 saturated heterocycles. The van der Waals surface area contributed by atoms with Gasteiger partial charge in [0.05, 0.1) is 14.2 Å². The molecule has 0 heterocycles. The van der Waals surface area contributed by atoms with E-state index in [9.17, 15) is 0 Å². The van der Waals surface area contributed by atoms with Gasteiger partial charge in [0.2, 0.25) is 0 Å². The van der Waals surface area contributed by atoms with Crippen LogP contribution < -0.4 is 20.9 Å². The lowest BCUT2D eigenvalue weighted by Gasteiger charge is -2.23. The van der Waals surface area contributed by atoms with Gasteiger partial charge < -0.3 is 20.9 Å². The van der Waals surface area contributed by atoms with E-state index in [1.807, 2.05) is 18.2 Å². The monoisotopic (exact) mass is 238 g/mol. The topological polar surface area (TPSA) is 70.5 Å². The molecule has 1 aromatic rings. The molecule has 1 rings (SSSR count). The second-order valence-electron chi connectivity index (χ2n) is 4.04. The first-order valence-electron chi connectivity index (χ1n) is 5.85. The second kappa shape index (κ2) is 6.47. The Morgan fingerprint density at radius 1 is 1.24 bits per heavy atom. The van der Waals surface area contributed by atoms with Crippen LogP contribution in [-0.2, 0) is 0 Å². The number of hydrogen-bond donors (Lipinski definition) is 2. The third kappa shape index (κ3) is 3.11. The quantitative estimate of drug-likeness (QED) is 0.791. The molecular formula is C13H22N2O2. The van der Waals surface area contributed by atoms with Crippen molar-refractivity contribution in [1.82, 2.24) is 0 Å². The summed E-state index contributed by atoms with van der Waals surface area (Å²) in [5, 5.41) is 0. The summed E-state index contributed by atoms with van der Waals surface area (Å²) in [4.78, 5) is 0. The Bertz CT molecular complexity index is 351. The summed E-state index contributed by atoms with van der Waals surface area (Å²) in [6.45, 7) is 2.65. The van der Waals surface area contributed by atoms with Crippen LogP contribution in [0, 0.1) is 5.92 Å². The molecule has 4 nitrogen and oxygen atoms in total. The molecule has 0 aliphatic heterocycles. The predicted octanol–water partition coefficient (Wildman–Crippen LogP) is 1.69. The van der Waals surface area contributed by atoms with E-state index < -0.39 is 0 Å². The first-order chi connectivity index (χ1) is 8.17. The van der Waals surface area contributed by atoms with E-state index in [2.05, 4.69) is 6.92 Å². The molecule has 2 atom stereocenters. The number of ether oxygens (including phenoxy) is 2. The molecular weight excluding hydrogens is 216 g/mol. The van der Waals surface area contributed by atoms with Crippen molar-refractivity contribution in [2.75, 3.05) is 20.8 Å². The number of rotatable bonds is 6. The number of methoxy groups -OCH3 is 2. The third-order valence-corrected chi connectivity index (χ3v) is 3.13. The molecule has 2 unspecified atom stereocenters. The van der Waals surface area contributed by atoms with E-state index in [-0.39, 0.29) is 12.0 Å². The Balaban J connectivity index is 3.08. The molecule has 0 amide bonds. The highest BCUT2D eigenvalue weighted by Gasteiger charge is 2.20. The summed E-state index contributed by atoms with van der Waals surface area (Å²) in [5.41, 5.74) is 12.9. The lowest BCUT2D eigenvalue weighted by Crippen LogP contribution is -2.27. The number of benzene rings is 1. The fraction of sp³-hybridized carbons (Fsp3) is 0.538. The fourth-order valence-electron chi connectivity index (χ4n) is 1.92. The van der Waals surface area contributed by atoms with Gasteiger partial charge in [0, 0.05) is 11.6 Å². The molecule has 0 radical (unpaired) electrons. The highest BCUT2D eigenvalue weighted by atomic mass is 16.5. The Labute approximate surface area is 103 Å². The zero-order valence-corrected chi connectivity index (χ0v) is 10.8. The van der Waals surface area contributed by atoms with E-state index in [1.165, 1.54) is 0 Å². The van der Waals surface area contributed by atoms with Crippen LogP contribution in [-0.4, -0.2) is 20.8 Å². The van der Waals surface area contributed by atoms with E-state index >= 15 is 0 Å². The van der Waals surface area contributed by atoms with Crippen molar-refractivity contribution in [3.63, 3.8) is 0 Å². The smallest absolute Gasteiger partial charge is 0.123 e. The largest absolute Gasteiger partial charge is 0.497 e. The zero-order valence-electron chi connectivity index (χ0n) is 10.8. The maximum Gasteiger partial charge on any atom is 0.123 e. The van der Waals surface area contributed by atoms with Gasteiger partial charge in [-0.3, -0.25) is 0 Å². The molecule has 0 saturated carbocycles. The molecule has 0 bridgehead atoms. The van der Waals surface area contributed by atoms with E-state index in [0.717, 1.165) is 23.5 Å². The second-order valence-corrected chi connectivity index (χ2v) is 4.04. The predicted molar refractivity (Wildman–Crippen MR) is 69.3 cm³/mol. The van der Waals surface area contributed by atoms with Crippen LogP contribution in [0.1, 0.15) is 24.9 Å². The van der Waals surface area contributed by atoms with E-state index in [0.29, 0.717) is 6.54 Å². The van der Waals surface area contributed by atoms with Gasteiger partial charge >= 0.3 is 0 Å². The Morgan fingerprint density at radius 3 is 2.41 bits per heavy atom. The Kier molecular flexibility index (Phi) is 5.25. The maximum absolute atomic E-state index is 6.24. The summed E-state index contributed by atoms with van der Waals surface area (Å²) < 4.78 is 10.5. The third-order valence-electron chi connectivity index (χ3n) is 3.13. The minimum atomic E-state index is -0.130. The van der Waals surface area contributed by atoms with Gasteiger partial charge in [-0.15, -0.1) is 0 Å². The highest BCUT2D eigenvalue weighted by Crippen LogP contribution is 2.32. The Hall–Kier alpha value is -1.26. The van der Waals surface area contributed by atoms with Crippen molar-refractivity contribution >= 4 is 0 Å². The van der Waals surface area contributed by atoms with E-state index in [1.54, 1.807) is 14.2 Å². The lowest BCUT2D eigenvalue weighted by molar-refractivity contribution is 0.374. The molecule has 0 aromatic heterocycles. The van der Waals surface area contributed by atoms with Gasteiger partial charge in [0.15, 0.2) is 0 Å². The molecule has 4 N–H and O–H groups in total. The van der Waals surface area contributed by atoms with Crippen molar-refractivity contribution in [1.29, 1.82) is 0 Å². The van der Waals surface area contributed by atoms with Gasteiger partial charge in [-0.2, -0.15) is 0 Å². The van der Waals surface area contributed by atoms with Gasteiger partial charge in [-0.05, 0) is 30.7 Å². The van der Waals surface area contributed by atoms with Crippen LogP contribution in [0.3, 0.4) is 0 Å². The molecule has 17 heavy (non-hydrogen) atoms. The van der Waals surface area contributed by atoms with Gasteiger partial charge in [-0.25, -0.2) is 0 Å². The van der Waals surface area contributed by atoms with Crippen molar-refractivity contribution in [3.8, 4) is 11.5 Å². The summed E-state index contributed by atoms with van der Waals surface area (Å²) in [6.07, 6.45) is 0.942. The SMILES string of the molecule is CCC(CN)C(N)c1cc(OC)ccc1OC. The molecule has 1 aromatic carbocycles. The molecule has 0 aliphatic carbocycles. The summed E-state index contributed by atoms with van der Waals surface area (Å²) >= 11 is 0.